The van der Waals surface area contributed by atoms with E-state index >= 15 is 0 Å². The van der Waals surface area contributed by atoms with Crippen LogP contribution in [0.3, 0.4) is 0 Å². The minimum Gasteiger partial charge on any atom is -0.456 e. The molecular formula is C18H19NO5. The van der Waals surface area contributed by atoms with Gasteiger partial charge in [0.1, 0.15) is 16.9 Å². The lowest BCUT2D eigenvalue weighted by molar-refractivity contribution is -0.137. The Kier molecular flexibility index (Phi) is 4.87. The molecule has 24 heavy (non-hydrogen) atoms. The molecule has 0 amide bonds. The molecule has 0 aliphatic carbocycles. The number of anilines is 1. The zero-order valence-electron chi connectivity index (χ0n) is 14.0. The van der Waals surface area contributed by atoms with Gasteiger partial charge in [0, 0.05) is 18.0 Å². The van der Waals surface area contributed by atoms with Crippen LogP contribution in [0.5, 0.6) is 0 Å². The minimum atomic E-state index is -0.696. The Balaban J connectivity index is 2.07. The van der Waals surface area contributed by atoms with E-state index in [-0.39, 0.29) is 11.3 Å². The summed E-state index contributed by atoms with van der Waals surface area (Å²) < 4.78 is 10.2. The molecule has 0 spiro atoms. The van der Waals surface area contributed by atoms with Crippen molar-refractivity contribution in [3.05, 3.63) is 53.4 Å². The highest BCUT2D eigenvalue weighted by atomic mass is 16.6. The molecule has 1 aromatic carbocycles. The van der Waals surface area contributed by atoms with E-state index in [1.54, 1.807) is 45.0 Å². The maximum Gasteiger partial charge on any atom is 0.348 e. The Hall–Kier alpha value is -2.89. The molecular weight excluding hydrogens is 310 g/mol. The largest absolute Gasteiger partial charge is 0.456 e. The van der Waals surface area contributed by atoms with Crippen LogP contribution in [-0.4, -0.2) is 23.3 Å². The summed E-state index contributed by atoms with van der Waals surface area (Å²) in [5.41, 5.74) is 0.375. The number of hydrogen-bond donors (Lipinski definition) is 1. The van der Waals surface area contributed by atoms with Gasteiger partial charge in [0.25, 0.3) is 0 Å². The summed E-state index contributed by atoms with van der Waals surface area (Å²) >= 11 is 0. The molecule has 1 N–H and O–H groups in total. The predicted octanol–water partition coefficient (Wildman–Crippen LogP) is 2.97. The van der Waals surface area contributed by atoms with Crippen molar-refractivity contribution in [3.63, 3.8) is 0 Å². The third kappa shape index (κ3) is 4.55. The molecule has 126 valence electrons. The summed E-state index contributed by atoms with van der Waals surface area (Å²) in [5, 5.41) is 2.84. The van der Waals surface area contributed by atoms with E-state index in [2.05, 4.69) is 5.32 Å². The SMILES string of the molecule is CC1=CC(=O)C(=CNc2ccc(C(=O)OC(C)(C)C)cc2)C(=O)O1. The van der Waals surface area contributed by atoms with Gasteiger partial charge in [-0.1, -0.05) is 0 Å². The van der Waals surface area contributed by atoms with Gasteiger partial charge in [-0.25, -0.2) is 9.59 Å². The molecule has 2 rings (SSSR count). The normalized spacial score (nSPS) is 16.5. The van der Waals surface area contributed by atoms with E-state index in [0.717, 1.165) is 0 Å². The van der Waals surface area contributed by atoms with E-state index in [1.807, 2.05) is 0 Å². The first kappa shape index (κ1) is 17.5. The van der Waals surface area contributed by atoms with Crippen LogP contribution in [0.2, 0.25) is 0 Å². The zero-order valence-corrected chi connectivity index (χ0v) is 14.0. The van der Waals surface area contributed by atoms with Gasteiger partial charge in [-0.3, -0.25) is 4.79 Å². The summed E-state index contributed by atoms with van der Waals surface area (Å²) in [6.07, 6.45) is 2.54. The highest BCUT2D eigenvalue weighted by Gasteiger charge is 2.24. The van der Waals surface area contributed by atoms with E-state index in [9.17, 15) is 14.4 Å². The average molecular weight is 329 g/mol. The number of benzene rings is 1. The molecule has 0 radical (unpaired) electrons. The first-order chi connectivity index (χ1) is 11.2. The molecule has 1 aromatic rings. The molecule has 1 aliphatic heterocycles. The van der Waals surface area contributed by atoms with Gasteiger partial charge in [0.2, 0.25) is 0 Å². The lowest BCUT2D eigenvalue weighted by Gasteiger charge is -2.19. The molecule has 0 aromatic heterocycles. The Morgan fingerprint density at radius 3 is 2.33 bits per heavy atom. The molecule has 6 heteroatoms. The number of hydrogen-bond acceptors (Lipinski definition) is 6. The van der Waals surface area contributed by atoms with Crippen LogP contribution in [0.15, 0.2) is 47.9 Å². The number of allylic oxidation sites excluding steroid dienone is 2. The number of carbonyl (C=O) groups excluding carboxylic acids is 3. The molecule has 1 aliphatic rings. The van der Waals surface area contributed by atoms with Crippen LogP contribution in [0.1, 0.15) is 38.1 Å². The molecule has 0 unspecified atom stereocenters. The number of ketones is 1. The van der Waals surface area contributed by atoms with Crippen LogP contribution >= 0.6 is 0 Å². The first-order valence-corrected chi connectivity index (χ1v) is 7.40. The lowest BCUT2D eigenvalue weighted by Crippen LogP contribution is -2.23. The zero-order chi connectivity index (χ0) is 17.9. The molecule has 0 bridgehead atoms. The maximum absolute atomic E-state index is 11.9. The van der Waals surface area contributed by atoms with Gasteiger partial charge in [-0.15, -0.1) is 0 Å². The monoisotopic (exact) mass is 329 g/mol. The highest BCUT2D eigenvalue weighted by molar-refractivity contribution is 6.23. The van der Waals surface area contributed by atoms with E-state index in [1.165, 1.54) is 19.2 Å². The van der Waals surface area contributed by atoms with Crippen LogP contribution in [0.25, 0.3) is 0 Å². The quantitative estimate of drug-likeness (QED) is 0.521. The highest BCUT2D eigenvalue weighted by Crippen LogP contribution is 2.17. The number of ether oxygens (including phenoxy) is 2. The topological polar surface area (TPSA) is 81.7 Å². The fraction of sp³-hybridized carbons (Fsp3) is 0.278. The smallest absolute Gasteiger partial charge is 0.348 e. The molecule has 0 saturated carbocycles. The molecule has 0 atom stereocenters. The number of carbonyl (C=O) groups is 3. The third-order valence-corrected chi connectivity index (χ3v) is 2.98. The maximum atomic E-state index is 11.9. The van der Waals surface area contributed by atoms with Crippen molar-refractivity contribution in [2.75, 3.05) is 5.32 Å². The number of nitrogens with one attached hydrogen (secondary N) is 1. The Morgan fingerprint density at radius 1 is 1.17 bits per heavy atom. The number of esters is 2. The summed E-state index contributed by atoms with van der Waals surface area (Å²) in [6, 6.07) is 6.49. The number of cyclic esters (lactones) is 1. The van der Waals surface area contributed by atoms with Crippen molar-refractivity contribution < 1.29 is 23.9 Å². The third-order valence-electron chi connectivity index (χ3n) is 2.98. The average Bonchev–Trinajstić information content (AvgIpc) is 2.45. The van der Waals surface area contributed by atoms with Crippen molar-refractivity contribution in [3.8, 4) is 0 Å². The fourth-order valence-corrected chi connectivity index (χ4v) is 1.92. The minimum absolute atomic E-state index is 0.0863. The second-order valence-electron chi connectivity index (χ2n) is 6.29. The molecule has 0 fully saturated rings. The standard InChI is InChI=1S/C18H19NO5/c1-11-9-15(20)14(17(22)23-11)10-19-13-7-5-12(6-8-13)16(21)24-18(2,3)4/h5-10,19H,1-4H3. The summed E-state index contributed by atoms with van der Waals surface area (Å²) in [5.74, 6) is -1.26. The lowest BCUT2D eigenvalue weighted by atomic mass is 10.1. The predicted molar refractivity (Wildman–Crippen MR) is 88.2 cm³/mol. The molecule has 6 nitrogen and oxygen atoms in total. The van der Waals surface area contributed by atoms with Crippen LogP contribution in [0.4, 0.5) is 5.69 Å². The van der Waals surface area contributed by atoms with Gasteiger partial charge < -0.3 is 14.8 Å². The van der Waals surface area contributed by atoms with Gasteiger partial charge >= 0.3 is 11.9 Å². The second kappa shape index (κ2) is 6.70. The van der Waals surface area contributed by atoms with E-state index < -0.39 is 23.3 Å². The number of rotatable bonds is 3. The Bertz CT molecular complexity index is 736. The van der Waals surface area contributed by atoms with Crippen molar-refractivity contribution in [2.45, 2.75) is 33.3 Å². The summed E-state index contributed by atoms with van der Waals surface area (Å²) in [7, 11) is 0. The molecule has 1 heterocycles. The van der Waals surface area contributed by atoms with E-state index in [0.29, 0.717) is 11.3 Å². The van der Waals surface area contributed by atoms with Gasteiger partial charge in [-0.2, -0.15) is 0 Å². The second-order valence-corrected chi connectivity index (χ2v) is 6.29. The summed E-state index contributed by atoms with van der Waals surface area (Å²) in [6.45, 7) is 6.92. The van der Waals surface area contributed by atoms with Gasteiger partial charge in [-0.05, 0) is 52.0 Å². The van der Waals surface area contributed by atoms with Crippen molar-refractivity contribution in [1.82, 2.24) is 0 Å². The Morgan fingerprint density at radius 2 is 1.79 bits per heavy atom. The van der Waals surface area contributed by atoms with Crippen LogP contribution in [-0.2, 0) is 19.1 Å². The first-order valence-electron chi connectivity index (χ1n) is 7.40. The van der Waals surface area contributed by atoms with Crippen molar-refractivity contribution in [1.29, 1.82) is 0 Å². The van der Waals surface area contributed by atoms with Crippen LogP contribution < -0.4 is 5.32 Å². The molecule has 0 saturated heterocycles. The van der Waals surface area contributed by atoms with Crippen LogP contribution in [0, 0.1) is 0 Å². The van der Waals surface area contributed by atoms with Gasteiger partial charge in [0.15, 0.2) is 5.78 Å². The van der Waals surface area contributed by atoms with Crippen molar-refractivity contribution >= 4 is 23.4 Å². The Labute approximate surface area is 140 Å². The van der Waals surface area contributed by atoms with Crippen molar-refractivity contribution in [2.24, 2.45) is 0 Å². The summed E-state index contributed by atoms with van der Waals surface area (Å²) in [4.78, 5) is 35.4. The fourth-order valence-electron chi connectivity index (χ4n) is 1.92. The van der Waals surface area contributed by atoms with E-state index in [4.69, 9.17) is 9.47 Å². The van der Waals surface area contributed by atoms with Gasteiger partial charge in [0.05, 0.1) is 5.56 Å².